The molecule has 410 valence electrons. The first-order valence-electron chi connectivity index (χ1n) is 26.2. The summed E-state index contributed by atoms with van der Waals surface area (Å²) < 4.78 is 32.6. The molecule has 2 fully saturated rings. The number of ether oxygens (including phenoxy) is 1. The van der Waals surface area contributed by atoms with Crippen LogP contribution in [0, 0.1) is 19.3 Å². The number of likely N-dealkylation sites (tertiary alicyclic amines) is 2. The quantitative estimate of drug-likeness (QED) is 0.0377. The standard InChI is InChI=1S/C56H74ClN9O8S2/c1-33(2)74-46-28-41(35(5)26-44(46)62-55-59-30-42(57)52(64-55)61-43-14-10-11-15-47(43)76(72,73)34(3)4)38-22-24-65(25-23-38)49(69)17-13-12-16-48(68)63-51(56(7,8)9)54(71)66-31-40(67)27-45(66)53(70)58-29-37-18-20-39(21-19-37)50-36(6)60-32-75-50/h10-11,14-15,18-21,26,28,30,32-34,38,40,45,51,54,67,71H,12-13,16-17,22-25,27,29,31H2,1-9H3,(H,58,70)(H,63,68)(H2,59,61,62,64)/t40-,45-,51+,54?/m0/s1. The van der Waals surface area contributed by atoms with E-state index in [0.29, 0.717) is 49.5 Å². The van der Waals surface area contributed by atoms with Crippen LogP contribution in [0.3, 0.4) is 0 Å². The molecule has 0 spiro atoms. The molecule has 17 nitrogen and oxygen atoms in total. The summed E-state index contributed by atoms with van der Waals surface area (Å²) in [5.41, 5.74) is 7.30. The van der Waals surface area contributed by atoms with Crippen LogP contribution >= 0.6 is 22.9 Å². The number of thiazole rings is 1. The third-order valence-corrected chi connectivity index (χ3v) is 17.5. The van der Waals surface area contributed by atoms with Gasteiger partial charge in [0.05, 0.1) is 68.1 Å². The Morgan fingerprint density at radius 2 is 1.63 bits per heavy atom. The Balaban J connectivity index is 0.889. The number of amides is 3. The van der Waals surface area contributed by atoms with E-state index in [9.17, 15) is 33.0 Å². The summed E-state index contributed by atoms with van der Waals surface area (Å²) in [7, 11) is -3.61. The fraction of sp³-hybridized carbons (Fsp3) is 0.500. The Morgan fingerprint density at radius 3 is 2.29 bits per heavy atom. The number of para-hydroxylation sites is 1. The second-order valence-corrected chi connectivity index (χ2v) is 25.3. The van der Waals surface area contributed by atoms with Crippen LogP contribution in [0.2, 0.25) is 5.02 Å². The average Bonchev–Trinajstić information content (AvgIpc) is 4.00. The fourth-order valence-corrected chi connectivity index (χ4v) is 12.0. The monoisotopic (exact) mass is 1100 g/mol. The number of halogens is 1. The number of nitrogens with zero attached hydrogens (tertiary/aromatic N) is 5. The van der Waals surface area contributed by atoms with Gasteiger partial charge >= 0.3 is 0 Å². The van der Waals surface area contributed by atoms with Crippen LogP contribution in [0.15, 0.2) is 77.3 Å². The minimum atomic E-state index is -3.61. The number of unbranched alkanes of at least 4 members (excludes halogenated alkanes) is 1. The second-order valence-electron chi connectivity index (χ2n) is 21.6. The molecule has 2 aliphatic rings. The van der Waals surface area contributed by atoms with Crippen molar-refractivity contribution in [1.82, 2.24) is 35.4 Å². The Bertz CT molecular complexity index is 2940. The molecule has 3 amide bonds. The molecule has 3 aromatic carbocycles. The number of hydrogen-bond donors (Lipinski definition) is 6. The van der Waals surface area contributed by atoms with Crippen LogP contribution in [-0.4, -0.2) is 117 Å². The number of sulfone groups is 1. The number of aromatic nitrogens is 3. The van der Waals surface area contributed by atoms with E-state index in [1.54, 1.807) is 54.3 Å². The van der Waals surface area contributed by atoms with Crippen molar-refractivity contribution in [2.24, 2.45) is 5.41 Å². The van der Waals surface area contributed by atoms with Gasteiger partial charge in [0.15, 0.2) is 15.7 Å². The number of nitrogens with one attached hydrogen (secondary N) is 4. The molecule has 7 rings (SSSR count). The molecular weight excluding hydrogens is 1030 g/mol. The van der Waals surface area contributed by atoms with E-state index in [1.807, 2.05) is 95.3 Å². The highest BCUT2D eigenvalue weighted by atomic mass is 35.5. The number of hydrogen-bond acceptors (Lipinski definition) is 15. The summed E-state index contributed by atoms with van der Waals surface area (Å²) in [5.74, 6) is 0.726. The average molecular weight is 1100 g/mol. The Hall–Kier alpha value is -5.70. The van der Waals surface area contributed by atoms with Crippen molar-refractivity contribution < 1.29 is 37.8 Å². The summed E-state index contributed by atoms with van der Waals surface area (Å²) in [6.07, 6.45) is 2.39. The summed E-state index contributed by atoms with van der Waals surface area (Å²) >= 11 is 8.10. The molecule has 2 saturated heterocycles. The minimum Gasteiger partial charge on any atom is -0.489 e. The maximum Gasteiger partial charge on any atom is 0.237 e. The van der Waals surface area contributed by atoms with Gasteiger partial charge in [-0.2, -0.15) is 4.98 Å². The Morgan fingerprint density at radius 1 is 0.934 bits per heavy atom. The number of β-amino-alcohol motifs (C(OH)–C–C–N with tert-alkyl or cyclic N) is 1. The smallest absolute Gasteiger partial charge is 0.237 e. The van der Waals surface area contributed by atoms with Crippen LogP contribution in [-0.2, 0) is 30.8 Å². The van der Waals surface area contributed by atoms with Crippen LogP contribution in [0.25, 0.3) is 10.4 Å². The molecule has 2 aliphatic heterocycles. The van der Waals surface area contributed by atoms with Crippen molar-refractivity contribution in [3.8, 4) is 16.2 Å². The van der Waals surface area contributed by atoms with Crippen LogP contribution in [0.1, 0.15) is 122 Å². The molecule has 5 aromatic rings. The van der Waals surface area contributed by atoms with Crippen LogP contribution < -0.4 is 26.0 Å². The van der Waals surface area contributed by atoms with Gasteiger partial charge in [-0.15, -0.1) is 11.3 Å². The van der Waals surface area contributed by atoms with Crippen molar-refractivity contribution in [3.63, 3.8) is 0 Å². The lowest BCUT2D eigenvalue weighted by atomic mass is 9.84. The van der Waals surface area contributed by atoms with Gasteiger partial charge in [0.2, 0.25) is 23.7 Å². The van der Waals surface area contributed by atoms with E-state index in [1.165, 1.54) is 6.20 Å². The number of aryl methyl sites for hydroxylation is 2. The second kappa shape index (κ2) is 25.2. The number of rotatable bonds is 21. The van der Waals surface area contributed by atoms with Gasteiger partial charge in [-0.05, 0) is 131 Å². The zero-order valence-electron chi connectivity index (χ0n) is 45.0. The predicted molar refractivity (Wildman–Crippen MR) is 299 cm³/mol. The SMILES string of the molecule is Cc1cc(Nc2ncc(Cl)c(Nc3ccccc3S(=O)(=O)C(C)C)n2)c(OC(C)C)cc1C1CCN(C(=O)CCCCC(=O)N[C@H](C(O)N2C[C@@H](O)C[C@H]2C(=O)NCc2ccc(-c3scnc3C)cc2)C(C)(C)C)CC1. The molecule has 20 heteroatoms. The lowest BCUT2D eigenvalue weighted by Gasteiger charge is -2.40. The molecule has 1 unspecified atom stereocenters. The van der Waals surface area contributed by atoms with Crippen molar-refractivity contribution in [3.05, 3.63) is 99.8 Å². The Labute approximate surface area is 456 Å². The van der Waals surface area contributed by atoms with Crippen molar-refractivity contribution in [2.75, 3.05) is 30.3 Å². The molecule has 4 atom stereocenters. The fourth-order valence-electron chi connectivity index (χ4n) is 9.81. The van der Waals surface area contributed by atoms with Crippen molar-refractivity contribution >= 4 is 73.6 Å². The number of benzene rings is 3. The summed E-state index contributed by atoms with van der Waals surface area (Å²) in [4.78, 5) is 58.6. The highest BCUT2D eigenvalue weighted by Crippen LogP contribution is 2.39. The summed E-state index contributed by atoms with van der Waals surface area (Å²) in [5, 5.41) is 34.5. The van der Waals surface area contributed by atoms with Gasteiger partial charge in [0, 0.05) is 39.0 Å². The zero-order chi connectivity index (χ0) is 55.1. The minimum absolute atomic E-state index is 0.0451. The predicted octanol–water partition coefficient (Wildman–Crippen LogP) is 9.19. The molecular formula is C56H74ClN9O8S2. The molecule has 0 radical (unpaired) electrons. The highest BCUT2D eigenvalue weighted by Gasteiger charge is 2.45. The molecule has 2 aromatic heterocycles. The van der Waals surface area contributed by atoms with Gasteiger partial charge in [-0.25, -0.2) is 18.4 Å². The molecule has 6 N–H and O–H groups in total. The number of aliphatic hydroxyl groups is 2. The van der Waals surface area contributed by atoms with E-state index < -0.39 is 44.9 Å². The number of aliphatic hydroxyl groups excluding tert-OH is 2. The van der Waals surface area contributed by atoms with Gasteiger partial charge in [0.25, 0.3) is 0 Å². The maximum atomic E-state index is 13.6. The van der Waals surface area contributed by atoms with Crippen LogP contribution in [0.4, 0.5) is 23.1 Å². The normalized spacial score (nSPS) is 17.4. The summed E-state index contributed by atoms with van der Waals surface area (Å²) in [6, 6.07) is 17.1. The van der Waals surface area contributed by atoms with E-state index >= 15 is 0 Å². The lowest BCUT2D eigenvalue weighted by molar-refractivity contribution is -0.135. The first-order chi connectivity index (χ1) is 36.0. The number of carbonyl (C=O) groups is 3. The lowest BCUT2D eigenvalue weighted by Crippen LogP contribution is -2.60. The molecule has 0 bridgehead atoms. The van der Waals surface area contributed by atoms with Gasteiger partial charge in [-0.1, -0.05) is 68.8 Å². The Kier molecular flexibility index (Phi) is 19.2. The van der Waals surface area contributed by atoms with Crippen molar-refractivity contribution in [1.29, 1.82) is 0 Å². The molecule has 4 heterocycles. The molecule has 0 aliphatic carbocycles. The van der Waals surface area contributed by atoms with E-state index in [-0.39, 0.29) is 77.4 Å². The third-order valence-electron chi connectivity index (χ3n) is 14.1. The number of carbonyl (C=O) groups excluding carboxylic acids is 3. The largest absolute Gasteiger partial charge is 0.489 e. The van der Waals surface area contributed by atoms with E-state index in [4.69, 9.17) is 16.3 Å². The molecule has 0 saturated carbocycles. The third kappa shape index (κ3) is 14.5. The number of piperidine rings is 1. The number of anilines is 4. The zero-order valence-corrected chi connectivity index (χ0v) is 47.4. The summed E-state index contributed by atoms with van der Waals surface area (Å²) in [6.45, 7) is 18.5. The first-order valence-corrected chi connectivity index (χ1v) is 29.0. The molecule has 76 heavy (non-hydrogen) atoms. The highest BCUT2D eigenvalue weighted by molar-refractivity contribution is 7.92. The van der Waals surface area contributed by atoms with E-state index in [0.717, 1.165) is 45.7 Å². The van der Waals surface area contributed by atoms with Crippen LogP contribution in [0.5, 0.6) is 5.75 Å². The van der Waals surface area contributed by atoms with Gasteiger partial charge < -0.3 is 41.1 Å². The topological polar surface area (TPSA) is 228 Å². The van der Waals surface area contributed by atoms with Crippen molar-refractivity contribution in [2.45, 2.75) is 160 Å². The maximum absolute atomic E-state index is 13.6. The van der Waals surface area contributed by atoms with Gasteiger partial charge in [0.1, 0.15) is 17.0 Å². The van der Waals surface area contributed by atoms with Gasteiger partial charge in [-0.3, -0.25) is 19.3 Å². The first kappa shape index (κ1) is 58.0. The van der Waals surface area contributed by atoms with E-state index in [2.05, 4.69) is 36.2 Å².